The largest absolute Gasteiger partial charge is 0.372 e. The normalized spacial score (nSPS) is 42.0. The van der Waals surface area contributed by atoms with Crippen LogP contribution in [0.15, 0.2) is 0 Å². The smallest absolute Gasteiger partial charge is 0.0687 e. The molecule has 2 atom stereocenters. The molecule has 0 bridgehead atoms. The fraction of sp³-hybridized carbons (Fsp3) is 1.00. The van der Waals surface area contributed by atoms with Crippen molar-refractivity contribution < 1.29 is 4.74 Å². The van der Waals surface area contributed by atoms with Gasteiger partial charge in [0.25, 0.3) is 0 Å². The van der Waals surface area contributed by atoms with Crippen LogP contribution < -0.4 is 5.73 Å². The van der Waals surface area contributed by atoms with Gasteiger partial charge in [-0.1, -0.05) is 0 Å². The first-order chi connectivity index (χ1) is 5.74. The zero-order valence-electron chi connectivity index (χ0n) is 7.88. The van der Waals surface area contributed by atoms with Crippen molar-refractivity contribution in [2.75, 3.05) is 6.54 Å². The van der Waals surface area contributed by atoms with E-state index in [9.17, 15) is 0 Å². The van der Waals surface area contributed by atoms with E-state index in [1.54, 1.807) is 0 Å². The van der Waals surface area contributed by atoms with Crippen molar-refractivity contribution in [2.24, 2.45) is 11.7 Å². The monoisotopic (exact) mass is 169 g/mol. The van der Waals surface area contributed by atoms with Gasteiger partial charge in [-0.15, -0.1) is 0 Å². The summed E-state index contributed by atoms with van der Waals surface area (Å²) < 4.78 is 6.03. The molecular weight excluding hydrogens is 150 g/mol. The number of hydrogen-bond acceptors (Lipinski definition) is 2. The minimum atomic E-state index is 0.222. The second-order valence-electron chi connectivity index (χ2n) is 4.44. The molecule has 0 radical (unpaired) electrons. The van der Waals surface area contributed by atoms with E-state index in [1.807, 2.05) is 0 Å². The highest BCUT2D eigenvalue weighted by Gasteiger charge is 2.47. The summed E-state index contributed by atoms with van der Waals surface area (Å²) in [5, 5.41) is 0. The quantitative estimate of drug-likeness (QED) is 0.697. The van der Waals surface area contributed by atoms with Gasteiger partial charge in [0.1, 0.15) is 0 Å². The molecule has 2 heteroatoms. The van der Waals surface area contributed by atoms with E-state index in [-0.39, 0.29) is 5.60 Å². The Labute approximate surface area is 74.5 Å². The fourth-order valence-electron chi connectivity index (χ4n) is 2.33. The van der Waals surface area contributed by atoms with Crippen LogP contribution in [0.5, 0.6) is 0 Å². The van der Waals surface area contributed by atoms with Crippen molar-refractivity contribution in [3.05, 3.63) is 0 Å². The minimum Gasteiger partial charge on any atom is -0.372 e. The van der Waals surface area contributed by atoms with Crippen molar-refractivity contribution in [2.45, 2.75) is 50.7 Å². The Hall–Kier alpha value is -0.0800. The van der Waals surface area contributed by atoms with Crippen molar-refractivity contribution in [1.29, 1.82) is 0 Å². The van der Waals surface area contributed by atoms with Gasteiger partial charge < -0.3 is 10.5 Å². The number of rotatable bonds is 3. The van der Waals surface area contributed by atoms with E-state index in [2.05, 4.69) is 6.92 Å². The molecular formula is C10H19NO. The van der Waals surface area contributed by atoms with Crippen LogP contribution in [0.2, 0.25) is 0 Å². The Balaban J connectivity index is 1.87. The Morgan fingerprint density at radius 3 is 2.75 bits per heavy atom. The van der Waals surface area contributed by atoms with Gasteiger partial charge in [-0.2, -0.15) is 0 Å². The Kier molecular flexibility index (Phi) is 2.13. The number of ether oxygens (including phenoxy) is 1. The van der Waals surface area contributed by atoms with Crippen molar-refractivity contribution >= 4 is 0 Å². The SMILES string of the molecule is CC1(C2CC2)CCC(CCN)O1. The van der Waals surface area contributed by atoms with Crippen molar-refractivity contribution in [3.8, 4) is 0 Å². The Bertz CT molecular complexity index is 167. The average molecular weight is 169 g/mol. The predicted molar refractivity (Wildman–Crippen MR) is 48.9 cm³/mol. The molecule has 2 unspecified atom stereocenters. The van der Waals surface area contributed by atoms with Crippen LogP contribution in [-0.2, 0) is 4.74 Å². The molecule has 1 heterocycles. The first kappa shape index (κ1) is 8.52. The molecule has 2 fully saturated rings. The maximum Gasteiger partial charge on any atom is 0.0687 e. The summed E-state index contributed by atoms with van der Waals surface area (Å²) in [4.78, 5) is 0. The lowest BCUT2D eigenvalue weighted by molar-refractivity contribution is -0.0447. The molecule has 2 N–H and O–H groups in total. The molecule has 0 aromatic carbocycles. The molecule has 2 aliphatic rings. The van der Waals surface area contributed by atoms with Gasteiger partial charge in [-0.05, 0) is 51.5 Å². The second kappa shape index (κ2) is 3.00. The van der Waals surface area contributed by atoms with Crippen LogP contribution in [0.3, 0.4) is 0 Å². The molecule has 0 amide bonds. The van der Waals surface area contributed by atoms with Crippen LogP contribution in [0.1, 0.15) is 39.0 Å². The summed E-state index contributed by atoms with van der Waals surface area (Å²) >= 11 is 0. The van der Waals surface area contributed by atoms with Crippen molar-refractivity contribution in [3.63, 3.8) is 0 Å². The van der Waals surface area contributed by atoms with E-state index < -0.39 is 0 Å². The van der Waals surface area contributed by atoms with Crippen LogP contribution >= 0.6 is 0 Å². The number of nitrogens with two attached hydrogens (primary N) is 1. The lowest BCUT2D eigenvalue weighted by Crippen LogP contribution is -2.28. The molecule has 0 aromatic heterocycles. The zero-order chi connectivity index (χ0) is 8.60. The van der Waals surface area contributed by atoms with Crippen LogP contribution in [0.25, 0.3) is 0 Å². The topological polar surface area (TPSA) is 35.2 Å². The van der Waals surface area contributed by atoms with E-state index in [1.165, 1.54) is 25.7 Å². The van der Waals surface area contributed by atoms with E-state index in [0.717, 1.165) is 18.9 Å². The molecule has 12 heavy (non-hydrogen) atoms. The van der Waals surface area contributed by atoms with Crippen LogP contribution in [0.4, 0.5) is 0 Å². The summed E-state index contributed by atoms with van der Waals surface area (Å²) in [6.45, 7) is 3.05. The second-order valence-corrected chi connectivity index (χ2v) is 4.44. The van der Waals surface area contributed by atoms with Gasteiger partial charge in [0, 0.05) is 0 Å². The fourth-order valence-corrected chi connectivity index (χ4v) is 2.33. The van der Waals surface area contributed by atoms with Gasteiger partial charge >= 0.3 is 0 Å². The van der Waals surface area contributed by atoms with Crippen molar-refractivity contribution in [1.82, 2.24) is 0 Å². The third-order valence-corrected chi connectivity index (χ3v) is 3.33. The first-order valence-corrected chi connectivity index (χ1v) is 5.12. The van der Waals surface area contributed by atoms with Crippen LogP contribution in [0, 0.1) is 5.92 Å². The average Bonchev–Trinajstić information content (AvgIpc) is 2.80. The van der Waals surface area contributed by atoms with E-state index in [0.29, 0.717) is 6.10 Å². The molecule has 2 rings (SSSR count). The predicted octanol–water partition coefficient (Wildman–Crippen LogP) is 1.68. The summed E-state index contributed by atoms with van der Waals surface area (Å²) in [5.74, 6) is 0.861. The molecule has 1 saturated heterocycles. The standard InChI is InChI=1S/C10H19NO/c1-10(8-2-3-8)6-4-9(12-10)5-7-11/h8-9H,2-7,11H2,1H3. The number of hydrogen-bond donors (Lipinski definition) is 1. The highest BCUT2D eigenvalue weighted by atomic mass is 16.5. The van der Waals surface area contributed by atoms with E-state index >= 15 is 0 Å². The summed E-state index contributed by atoms with van der Waals surface area (Å²) in [6, 6.07) is 0. The molecule has 2 nitrogen and oxygen atoms in total. The lowest BCUT2D eigenvalue weighted by atomic mass is 9.96. The maximum atomic E-state index is 6.03. The third kappa shape index (κ3) is 1.50. The van der Waals surface area contributed by atoms with Crippen LogP contribution in [-0.4, -0.2) is 18.2 Å². The third-order valence-electron chi connectivity index (χ3n) is 3.33. The molecule has 0 aromatic rings. The Morgan fingerprint density at radius 2 is 2.17 bits per heavy atom. The van der Waals surface area contributed by atoms with E-state index in [4.69, 9.17) is 10.5 Å². The molecule has 1 aliphatic heterocycles. The summed E-state index contributed by atoms with van der Waals surface area (Å²) in [7, 11) is 0. The molecule has 1 aliphatic carbocycles. The Morgan fingerprint density at radius 1 is 1.42 bits per heavy atom. The highest BCUT2D eigenvalue weighted by Crippen LogP contribution is 2.48. The molecule has 70 valence electrons. The first-order valence-electron chi connectivity index (χ1n) is 5.12. The van der Waals surface area contributed by atoms with Gasteiger partial charge in [-0.3, -0.25) is 0 Å². The molecule has 0 spiro atoms. The minimum absolute atomic E-state index is 0.222. The van der Waals surface area contributed by atoms with Gasteiger partial charge in [0.15, 0.2) is 0 Å². The summed E-state index contributed by atoms with van der Waals surface area (Å²) in [5.41, 5.74) is 5.73. The highest BCUT2D eigenvalue weighted by molar-refractivity contribution is 4.97. The zero-order valence-corrected chi connectivity index (χ0v) is 7.88. The maximum absolute atomic E-state index is 6.03. The van der Waals surface area contributed by atoms with Gasteiger partial charge in [0.2, 0.25) is 0 Å². The van der Waals surface area contributed by atoms with Gasteiger partial charge in [-0.25, -0.2) is 0 Å². The molecule has 1 saturated carbocycles. The lowest BCUT2D eigenvalue weighted by Gasteiger charge is -2.24. The summed E-state index contributed by atoms with van der Waals surface area (Å²) in [6.07, 6.45) is 6.74. The van der Waals surface area contributed by atoms with Gasteiger partial charge in [0.05, 0.1) is 11.7 Å².